The first-order chi connectivity index (χ1) is 14.5. The SMILES string of the molecule is COc1ccccc1OCC(=O)NC1CCCC(OC(=O)Nc2ccc(F)cc2)C1. The van der Waals surface area contributed by atoms with Crippen molar-refractivity contribution in [3.63, 3.8) is 0 Å². The van der Waals surface area contributed by atoms with Crippen molar-refractivity contribution in [3.05, 3.63) is 54.3 Å². The highest BCUT2D eigenvalue weighted by molar-refractivity contribution is 5.84. The van der Waals surface area contributed by atoms with Crippen LogP contribution in [0, 0.1) is 5.82 Å². The van der Waals surface area contributed by atoms with E-state index in [0.29, 0.717) is 23.6 Å². The van der Waals surface area contributed by atoms with Gasteiger partial charge in [0.15, 0.2) is 18.1 Å². The highest BCUT2D eigenvalue weighted by atomic mass is 19.1. The number of hydrogen-bond donors (Lipinski definition) is 2. The van der Waals surface area contributed by atoms with Crippen molar-refractivity contribution in [3.8, 4) is 11.5 Å². The Morgan fingerprint density at radius 2 is 1.80 bits per heavy atom. The predicted octanol–water partition coefficient (Wildman–Crippen LogP) is 3.89. The standard InChI is InChI=1S/C22H25FN2O5/c1-28-19-7-2-3-8-20(19)29-14-21(26)24-17-5-4-6-18(13-17)30-22(27)25-16-11-9-15(23)10-12-16/h2-3,7-12,17-18H,4-6,13-14H2,1H3,(H,24,26)(H,25,27). The first-order valence-corrected chi connectivity index (χ1v) is 9.82. The smallest absolute Gasteiger partial charge is 0.411 e. The summed E-state index contributed by atoms with van der Waals surface area (Å²) < 4.78 is 29.1. The van der Waals surface area contributed by atoms with Crippen molar-refractivity contribution in [1.29, 1.82) is 0 Å². The lowest BCUT2D eigenvalue weighted by Gasteiger charge is -2.29. The minimum absolute atomic E-state index is 0.101. The number of methoxy groups -OCH3 is 1. The van der Waals surface area contributed by atoms with Crippen LogP contribution in [0.4, 0.5) is 14.9 Å². The van der Waals surface area contributed by atoms with Crippen LogP contribution in [0.2, 0.25) is 0 Å². The molecule has 0 aromatic heterocycles. The molecule has 2 aromatic rings. The number of benzene rings is 2. The Morgan fingerprint density at radius 1 is 1.07 bits per heavy atom. The third-order valence-corrected chi connectivity index (χ3v) is 4.78. The monoisotopic (exact) mass is 416 g/mol. The van der Waals surface area contributed by atoms with E-state index in [0.717, 1.165) is 19.3 Å². The van der Waals surface area contributed by atoms with Gasteiger partial charge in [-0.05, 0) is 55.7 Å². The summed E-state index contributed by atoms with van der Waals surface area (Å²) in [4.78, 5) is 24.3. The third-order valence-electron chi connectivity index (χ3n) is 4.78. The van der Waals surface area contributed by atoms with Crippen LogP contribution >= 0.6 is 0 Å². The van der Waals surface area contributed by atoms with E-state index >= 15 is 0 Å². The fraction of sp³-hybridized carbons (Fsp3) is 0.364. The summed E-state index contributed by atoms with van der Waals surface area (Å²) in [6.07, 6.45) is 1.97. The number of anilines is 1. The molecule has 160 valence electrons. The zero-order valence-electron chi connectivity index (χ0n) is 16.7. The van der Waals surface area contributed by atoms with Gasteiger partial charge in [0.2, 0.25) is 0 Å². The maximum Gasteiger partial charge on any atom is 0.411 e. The predicted molar refractivity (Wildman–Crippen MR) is 109 cm³/mol. The van der Waals surface area contributed by atoms with Crippen molar-refractivity contribution < 1.29 is 28.2 Å². The summed E-state index contributed by atoms with van der Waals surface area (Å²) in [7, 11) is 1.54. The second-order valence-electron chi connectivity index (χ2n) is 7.03. The van der Waals surface area contributed by atoms with Crippen LogP contribution < -0.4 is 20.1 Å². The van der Waals surface area contributed by atoms with Crippen LogP contribution in [0.5, 0.6) is 11.5 Å². The lowest BCUT2D eigenvalue weighted by molar-refractivity contribution is -0.124. The van der Waals surface area contributed by atoms with Gasteiger partial charge in [-0.2, -0.15) is 0 Å². The fourth-order valence-electron chi connectivity index (χ4n) is 3.37. The third kappa shape index (κ3) is 6.37. The van der Waals surface area contributed by atoms with Crippen molar-refractivity contribution in [1.82, 2.24) is 5.32 Å². The Morgan fingerprint density at radius 3 is 2.53 bits per heavy atom. The van der Waals surface area contributed by atoms with E-state index in [2.05, 4.69) is 10.6 Å². The highest BCUT2D eigenvalue weighted by Gasteiger charge is 2.26. The van der Waals surface area contributed by atoms with Crippen LogP contribution in [0.15, 0.2) is 48.5 Å². The van der Waals surface area contributed by atoms with Crippen LogP contribution in [-0.4, -0.2) is 37.9 Å². The van der Waals surface area contributed by atoms with Gasteiger partial charge in [-0.25, -0.2) is 9.18 Å². The van der Waals surface area contributed by atoms with E-state index in [9.17, 15) is 14.0 Å². The Labute approximate surface area is 174 Å². The van der Waals surface area contributed by atoms with Crippen LogP contribution in [0.1, 0.15) is 25.7 Å². The second-order valence-corrected chi connectivity index (χ2v) is 7.03. The Kier molecular flexibility index (Phi) is 7.48. The number of ether oxygens (including phenoxy) is 3. The van der Waals surface area contributed by atoms with Crippen molar-refractivity contribution in [2.24, 2.45) is 0 Å². The van der Waals surface area contributed by atoms with Gasteiger partial charge < -0.3 is 19.5 Å². The number of carbonyl (C=O) groups is 2. The summed E-state index contributed by atoms with van der Waals surface area (Å²) in [6.45, 7) is -0.131. The zero-order chi connectivity index (χ0) is 21.3. The highest BCUT2D eigenvalue weighted by Crippen LogP contribution is 2.26. The average Bonchev–Trinajstić information content (AvgIpc) is 2.74. The first-order valence-electron chi connectivity index (χ1n) is 9.82. The largest absolute Gasteiger partial charge is 0.493 e. The van der Waals surface area contributed by atoms with E-state index in [1.54, 1.807) is 18.2 Å². The number of amides is 2. The molecule has 30 heavy (non-hydrogen) atoms. The van der Waals surface area contributed by atoms with E-state index in [1.165, 1.54) is 31.4 Å². The van der Waals surface area contributed by atoms with Gasteiger partial charge in [-0.3, -0.25) is 10.1 Å². The van der Waals surface area contributed by atoms with Crippen molar-refractivity contribution in [2.45, 2.75) is 37.8 Å². The molecule has 0 saturated heterocycles. The van der Waals surface area contributed by atoms with Gasteiger partial charge in [0.05, 0.1) is 7.11 Å². The van der Waals surface area contributed by atoms with Gasteiger partial charge >= 0.3 is 6.09 Å². The first kappa shape index (κ1) is 21.4. The molecule has 7 nitrogen and oxygen atoms in total. The lowest BCUT2D eigenvalue weighted by Crippen LogP contribution is -2.43. The molecule has 0 spiro atoms. The number of rotatable bonds is 7. The molecule has 1 fully saturated rings. The Bertz CT molecular complexity index is 859. The topological polar surface area (TPSA) is 85.9 Å². The van der Waals surface area contributed by atoms with Crippen LogP contribution in [0.25, 0.3) is 0 Å². The summed E-state index contributed by atoms with van der Waals surface area (Å²) in [5, 5.41) is 5.50. The summed E-state index contributed by atoms with van der Waals surface area (Å²) >= 11 is 0. The van der Waals surface area contributed by atoms with Crippen LogP contribution in [0.3, 0.4) is 0 Å². The minimum atomic E-state index is -0.599. The molecule has 3 rings (SSSR count). The van der Waals surface area contributed by atoms with Gasteiger partial charge in [-0.15, -0.1) is 0 Å². The number of nitrogens with one attached hydrogen (secondary N) is 2. The van der Waals surface area contributed by atoms with Gasteiger partial charge in [0, 0.05) is 18.2 Å². The number of carbonyl (C=O) groups excluding carboxylic acids is 2. The molecule has 1 aliphatic rings. The van der Waals surface area contributed by atoms with E-state index in [-0.39, 0.29) is 30.5 Å². The molecule has 1 saturated carbocycles. The molecule has 0 aliphatic heterocycles. The zero-order valence-corrected chi connectivity index (χ0v) is 16.7. The summed E-state index contributed by atoms with van der Waals surface area (Å²) in [5.41, 5.74) is 0.454. The normalized spacial score (nSPS) is 18.2. The van der Waals surface area contributed by atoms with Crippen molar-refractivity contribution in [2.75, 3.05) is 19.0 Å². The average molecular weight is 416 g/mol. The Hall–Kier alpha value is -3.29. The molecule has 2 atom stereocenters. The molecule has 2 amide bonds. The molecule has 1 aliphatic carbocycles. The van der Waals surface area contributed by atoms with Crippen LogP contribution in [-0.2, 0) is 9.53 Å². The maximum absolute atomic E-state index is 12.9. The Balaban J connectivity index is 1.43. The molecular formula is C22H25FN2O5. The molecule has 0 radical (unpaired) electrons. The maximum atomic E-state index is 12.9. The summed E-state index contributed by atoms with van der Waals surface area (Å²) in [6, 6.07) is 12.4. The van der Waals surface area contributed by atoms with E-state index in [4.69, 9.17) is 14.2 Å². The van der Waals surface area contributed by atoms with Gasteiger partial charge in [0.1, 0.15) is 11.9 Å². The quantitative estimate of drug-likeness (QED) is 0.715. The number of hydrogen-bond acceptors (Lipinski definition) is 5. The molecule has 2 aromatic carbocycles. The molecule has 0 bridgehead atoms. The molecular weight excluding hydrogens is 391 g/mol. The number of para-hydroxylation sites is 2. The second kappa shape index (κ2) is 10.5. The lowest BCUT2D eigenvalue weighted by atomic mass is 9.93. The van der Waals surface area contributed by atoms with Gasteiger partial charge in [-0.1, -0.05) is 12.1 Å². The molecule has 2 N–H and O–H groups in total. The fourth-order valence-corrected chi connectivity index (χ4v) is 3.37. The molecule has 0 heterocycles. The number of halogens is 1. The molecule has 2 unspecified atom stereocenters. The van der Waals surface area contributed by atoms with Crippen molar-refractivity contribution >= 4 is 17.7 Å². The van der Waals surface area contributed by atoms with E-state index < -0.39 is 6.09 Å². The molecule has 8 heteroatoms. The summed E-state index contributed by atoms with van der Waals surface area (Å²) in [5.74, 6) is 0.429. The van der Waals surface area contributed by atoms with Gasteiger partial charge in [0.25, 0.3) is 5.91 Å². The van der Waals surface area contributed by atoms with E-state index in [1.807, 2.05) is 6.07 Å². The minimum Gasteiger partial charge on any atom is -0.493 e.